The van der Waals surface area contributed by atoms with E-state index in [-0.39, 0.29) is 5.91 Å². The molecule has 108 valence electrons. The van der Waals surface area contributed by atoms with Crippen LogP contribution in [0.15, 0.2) is 46.9 Å². The quantitative estimate of drug-likeness (QED) is 0.820. The van der Waals surface area contributed by atoms with Crippen molar-refractivity contribution in [3.05, 3.63) is 69.2 Å². The maximum Gasteiger partial charge on any atom is 0.251 e. The van der Waals surface area contributed by atoms with E-state index in [4.69, 9.17) is 18.0 Å². The SMILES string of the molecule is Cc1cc(C(=O)NCc2ccc(C(N)=S)cc2)ccc1Br. The number of nitrogens with one attached hydrogen (secondary N) is 1. The van der Waals surface area contributed by atoms with Crippen molar-refractivity contribution in [1.29, 1.82) is 0 Å². The molecule has 0 spiro atoms. The first-order valence-corrected chi connectivity index (χ1v) is 7.60. The topological polar surface area (TPSA) is 55.1 Å². The van der Waals surface area contributed by atoms with E-state index in [1.165, 1.54) is 0 Å². The Hall–Kier alpha value is -1.72. The number of aryl methyl sites for hydroxylation is 1. The molecule has 21 heavy (non-hydrogen) atoms. The molecule has 0 heterocycles. The van der Waals surface area contributed by atoms with Gasteiger partial charge in [-0.1, -0.05) is 52.4 Å². The highest BCUT2D eigenvalue weighted by Crippen LogP contribution is 2.17. The first-order valence-electron chi connectivity index (χ1n) is 6.40. The highest BCUT2D eigenvalue weighted by molar-refractivity contribution is 9.10. The number of hydrogen-bond acceptors (Lipinski definition) is 2. The minimum absolute atomic E-state index is 0.0935. The average molecular weight is 363 g/mol. The van der Waals surface area contributed by atoms with E-state index in [1.807, 2.05) is 43.3 Å². The van der Waals surface area contributed by atoms with Crippen molar-refractivity contribution in [2.75, 3.05) is 0 Å². The molecule has 1 amide bonds. The molecule has 0 aliphatic heterocycles. The summed E-state index contributed by atoms with van der Waals surface area (Å²) >= 11 is 8.32. The van der Waals surface area contributed by atoms with Crippen LogP contribution in [0.4, 0.5) is 0 Å². The molecule has 2 aromatic carbocycles. The Bertz CT molecular complexity index is 683. The summed E-state index contributed by atoms with van der Waals surface area (Å²) in [6.45, 7) is 2.42. The number of rotatable bonds is 4. The number of carbonyl (C=O) groups is 1. The fourth-order valence-corrected chi connectivity index (χ4v) is 2.24. The van der Waals surface area contributed by atoms with Gasteiger partial charge < -0.3 is 11.1 Å². The van der Waals surface area contributed by atoms with Crippen molar-refractivity contribution in [3.8, 4) is 0 Å². The molecule has 2 rings (SSSR count). The van der Waals surface area contributed by atoms with Gasteiger partial charge in [0.15, 0.2) is 0 Å². The van der Waals surface area contributed by atoms with E-state index in [9.17, 15) is 4.79 Å². The lowest BCUT2D eigenvalue weighted by Gasteiger charge is -2.07. The van der Waals surface area contributed by atoms with Gasteiger partial charge in [0.25, 0.3) is 5.91 Å². The molecule has 0 atom stereocenters. The van der Waals surface area contributed by atoms with Gasteiger partial charge in [0.2, 0.25) is 0 Å². The van der Waals surface area contributed by atoms with Crippen LogP contribution >= 0.6 is 28.1 Å². The molecule has 3 N–H and O–H groups in total. The summed E-state index contributed by atoms with van der Waals surface area (Å²) in [6, 6.07) is 13.0. The molecule has 0 fully saturated rings. The highest BCUT2D eigenvalue weighted by Gasteiger charge is 2.07. The van der Waals surface area contributed by atoms with Crippen LogP contribution in [0.1, 0.15) is 27.0 Å². The molecule has 0 unspecified atom stereocenters. The number of halogens is 1. The van der Waals surface area contributed by atoms with Gasteiger partial charge in [-0.05, 0) is 36.2 Å². The van der Waals surface area contributed by atoms with Crippen LogP contribution in [0.2, 0.25) is 0 Å². The number of nitrogens with two attached hydrogens (primary N) is 1. The normalized spacial score (nSPS) is 10.2. The molecule has 0 radical (unpaired) electrons. The van der Waals surface area contributed by atoms with Gasteiger partial charge in [-0.2, -0.15) is 0 Å². The fraction of sp³-hybridized carbons (Fsp3) is 0.125. The van der Waals surface area contributed by atoms with Gasteiger partial charge in [0.1, 0.15) is 4.99 Å². The number of amides is 1. The Kier molecular flexibility index (Phi) is 5.09. The minimum Gasteiger partial charge on any atom is -0.389 e. The molecule has 0 bridgehead atoms. The second-order valence-electron chi connectivity index (χ2n) is 4.71. The lowest BCUT2D eigenvalue weighted by Crippen LogP contribution is -2.22. The third-order valence-corrected chi connectivity index (χ3v) is 4.24. The third kappa shape index (κ3) is 4.12. The largest absolute Gasteiger partial charge is 0.389 e. The number of thiocarbonyl (C=S) groups is 1. The Morgan fingerprint density at radius 3 is 2.38 bits per heavy atom. The molecular weight excluding hydrogens is 348 g/mol. The molecule has 0 saturated carbocycles. The molecule has 0 saturated heterocycles. The molecule has 3 nitrogen and oxygen atoms in total. The van der Waals surface area contributed by atoms with Gasteiger partial charge in [0.05, 0.1) is 0 Å². The third-order valence-electron chi connectivity index (χ3n) is 3.11. The maximum atomic E-state index is 12.1. The number of hydrogen-bond donors (Lipinski definition) is 2. The van der Waals surface area contributed by atoms with Gasteiger partial charge >= 0.3 is 0 Å². The highest BCUT2D eigenvalue weighted by atomic mass is 79.9. The van der Waals surface area contributed by atoms with E-state index < -0.39 is 0 Å². The first-order chi connectivity index (χ1) is 9.97. The van der Waals surface area contributed by atoms with Crippen LogP contribution in [-0.4, -0.2) is 10.9 Å². The number of benzene rings is 2. The molecular formula is C16H15BrN2OS. The van der Waals surface area contributed by atoms with E-state index in [1.54, 1.807) is 6.07 Å². The van der Waals surface area contributed by atoms with Crippen LogP contribution in [0.5, 0.6) is 0 Å². The van der Waals surface area contributed by atoms with Gasteiger partial charge in [-0.25, -0.2) is 0 Å². The molecule has 0 aliphatic rings. The lowest BCUT2D eigenvalue weighted by molar-refractivity contribution is 0.0951. The fourth-order valence-electron chi connectivity index (χ4n) is 1.86. The predicted octanol–water partition coefficient (Wildman–Crippen LogP) is 3.32. The summed E-state index contributed by atoms with van der Waals surface area (Å²) in [6.07, 6.45) is 0. The molecule has 5 heteroatoms. The van der Waals surface area contributed by atoms with Crippen molar-refractivity contribution >= 4 is 39.0 Å². The van der Waals surface area contributed by atoms with E-state index >= 15 is 0 Å². The van der Waals surface area contributed by atoms with Crippen molar-refractivity contribution in [2.45, 2.75) is 13.5 Å². The monoisotopic (exact) mass is 362 g/mol. The van der Waals surface area contributed by atoms with Crippen LogP contribution < -0.4 is 11.1 Å². The molecule has 0 aromatic heterocycles. The second-order valence-corrected chi connectivity index (χ2v) is 6.00. The van der Waals surface area contributed by atoms with E-state index in [0.717, 1.165) is 21.2 Å². The summed E-state index contributed by atoms with van der Waals surface area (Å²) in [7, 11) is 0. The first kappa shape index (κ1) is 15.7. The van der Waals surface area contributed by atoms with Crippen molar-refractivity contribution < 1.29 is 4.79 Å². The molecule has 2 aromatic rings. The van der Waals surface area contributed by atoms with Gasteiger partial charge in [-0.3, -0.25) is 4.79 Å². The number of carbonyl (C=O) groups excluding carboxylic acids is 1. The van der Waals surface area contributed by atoms with Crippen molar-refractivity contribution in [2.24, 2.45) is 5.73 Å². The zero-order valence-corrected chi connectivity index (χ0v) is 13.9. The van der Waals surface area contributed by atoms with Crippen LogP contribution in [0, 0.1) is 6.92 Å². The summed E-state index contributed by atoms with van der Waals surface area (Å²) < 4.78 is 0.993. The summed E-state index contributed by atoms with van der Waals surface area (Å²) in [4.78, 5) is 12.5. The molecule has 0 aliphatic carbocycles. The summed E-state index contributed by atoms with van der Waals surface area (Å²) in [5.41, 5.74) is 9.05. The smallest absolute Gasteiger partial charge is 0.251 e. The standard InChI is InChI=1S/C16H15BrN2OS/c1-10-8-13(6-7-14(10)17)16(20)19-9-11-2-4-12(5-3-11)15(18)21/h2-8H,9H2,1H3,(H2,18,21)(H,19,20). The predicted molar refractivity (Wildman–Crippen MR) is 92.4 cm³/mol. The lowest BCUT2D eigenvalue weighted by atomic mass is 10.1. The second kappa shape index (κ2) is 6.83. The van der Waals surface area contributed by atoms with Crippen LogP contribution in [-0.2, 0) is 6.54 Å². The Balaban J connectivity index is 2.00. The zero-order valence-electron chi connectivity index (χ0n) is 11.5. The summed E-state index contributed by atoms with van der Waals surface area (Å²) in [5, 5.41) is 2.89. The van der Waals surface area contributed by atoms with Gasteiger partial charge in [0, 0.05) is 22.1 Å². The van der Waals surface area contributed by atoms with Crippen LogP contribution in [0.3, 0.4) is 0 Å². The van der Waals surface area contributed by atoms with Gasteiger partial charge in [-0.15, -0.1) is 0 Å². The van der Waals surface area contributed by atoms with Crippen LogP contribution in [0.25, 0.3) is 0 Å². The van der Waals surface area contributed by atoms with E-state index in [0.29, 0.717) is 17.1 Å². The van der Waals surface area contributed by atoms with E-state index in [2.05, 4.69) is 21.2 Å². The minimum atomic E-state index is -0.0935. The Labute approximate surface area is 137 Å². The Morgan fingerprint density at radius 2 is 1.81 bits per heavy atom. The Morgan fingerprint density at radius 1 is 1.19 bits per heavy atom. The van der Waals surface area contributed by atoms with Crippen molar-refractivity contribution in [3.63, 3.8) is 0 Å². The maximum absolute atomic E-state index is 12.1. The van der Waals surface area contributed by atoms with Crippen molar-refractivity contribution in [1.82, 2.24) is 5.32 Å². The summed E-state index contributed by atoms with van der Waals surface area (Å²) in [5.74, 6) is -0.0935. The zero-order chi connectivity index (χ0) is 15.4. The average Bonchev–Trinajstić information content (AvgIpc) is 2.48.